The summed E-state index contributed by atoms with van der Waals surface area (Å²) in [5.41, 5.74) is 2.83. The van der Waals surface area contributed by atoms with Crippen LogP contribution in [0.2, 0.25) is 0 Å². The fourth-order valence-corrected chi connectivity index (χ4v) is 4.04. The predicted octanol–water partition coefficient (Wildman–Crippen LogP) is 4.07. The zero-order chi connectivity index (χ0) is 24.1. The van der Waals surface area contributed by atoms with Gasteiger partial charge in [0.15, 0.2) is 5.78 Å². The van der Waals surface area contributed by atoms with Crippen molar-refractivity contribution in [1.82, 2.24) is 14.9 Å². The van der Waals surface area contributed by atoms with E-state index in [0.717, 1.165) is 18.4 Å². The van der Waals surface area contributed by atoms with Crippen molar-refractivity contribution >= 4 is 22.6 Å². The summed E-state index contributed by atoms with van der Waals surface area (Å²) in [6.07, 6.45) is 6.21. The largest absolute Gasteiger partial charge is 0.352 e. The Morgan fingerprint density at radius 1 is 1.03 bits per heavy atom. The number of nitrogens with zero attached hydrogens (tertiary/aromatic N) is 2. The summed E-state index contributed by atoms with van der Waals surface area (Å²) in [6, 6.07) is 18.8. The highest BCUT2D eigenvalue weighted by Crippen LogP contribution is 2.16. The predicted molar refractivity (Wildman–Crippen MR) is 133 cm³/mol. The lowest BCUT2D eigenvalue weighted by atomic mass is 10.0. The molecule has 4 aromatic rings. The SMILES string of the molecule is Cc1ccc2c(c1)c(=O)c(C(=O)c1ccncc1)cn2CC(=O)N[C@H](C)CCc1ccccc1. The third kappa shape index (κ3) is 5.29. The Balaban J connectivity index is 1.58. The zero-order valence-electron chi connectivity index (χ0n) is 19.3. The van der Waals surface area contributed by atoms with Crippen molar-refractivity contribution in [3.8, 4) is 0 Å². The van der Waals surface area contributed by atoms with E-state index in [1.54, 1.807) is 22.8 Å². The van der Waals surface area contributed by atoms with Gasteiger partial charge in [-0.2, -0.15) is 0 Å². The van der Waals surface area contributed by atoms with Gasteiger partial charge in [0.25, 0.3) is 0 Å². The third-order valence-corrected chi connectivity index (χ3v) is 5.85. The van der Waals surface area contributed by atoms with Gasteiger partial charge in [0.2, 0.25) is 11.3 Å². The van der Waals surface area contributed by atoms with Gasteiger partial charge in [-0.15, -0.1) is 0 Å². The number of amides is 1. The molecule has 34 heavy (non-hydrogen) atoms. The van der Waals surface area contributed by atoms with Crippen LogP contribution in [-0.2, 0) is 17.8 Å². The van der Waals surface area contributed by atoms with Gasteiger partial charge in [-0.05, 0) is 56.5 Å². The number of hydrogen-bond donors (Lipinski definition) is 1. The van der Waals surface area contributed by atoms with Crippen LogP contribution >= 0.6 is 0 Å². The number of carbonyl (C=O) groups excluding carboxylic acids is 2. The third-order valence-electron chi connectivity index (χ3n) is 5.85. The summed E-state index contributed by atoms with van der Waals surface area (Å²) in [4.78, 5) is 43.1. The van der Waals surface area contributed by atoms with E-state index in [9.17, 15) is 14.4 Å². The van der Waals surface area contributed by atoms with Gasteiger partial charge in [0.1, 0.15) is 6.54 Å². The number of benzene rings is 2. The maximum atomic E-state index is 13.2. The zero-order valence-corrected chi connectivity index (χ0v) is 19.3. The molecular weight excluding hydrogens is 426 g/mol. The summed E-state index contributed by atoms with van der Waals surface area (Å²) in [5.74, 6) is -0.561. The summed E-state index contributed by atoms with van der Waals surface area (Å²) < 4.78 is 1.68. The van der Waals surface area contributed by atoms with Gasteiger partial charge >= 0.3 is 0 Å². The van der Waals surface area contributed by atoms with Crippen molar-refractivity contribution in [3.63, 3.8) is 0 Å². The first-order chi connectivity index (χ1) is 16.4. The van der Waals surface area contributed by atoms with Crippen molar-refractivity contribution in [2.75, 3.05) is 0 Å². The number of nitrogens with one attached hydrogen (secondary N) is 1. The number of aromatic nitrogens is 2. The van der Waals surface area contributed by atoms with Crippen LogP contribution in [0, 0.1) is 6.92 Å². The van der Waals surface area contributed by atoms with Crippen LogP contribution in [0.4, 0.5) is 0 Å². The number of fused-ring (bicyclic) bond motifs is 1. The maximum Gasteiger partial charge on any atom is 0.240 e. The average molecular weight is 454 g/mol. The lowest BCUT2D eigenvalue weighted by Gasteiger charge is -2.17. The molecule has 0 aliphatic rings. The molecule has 0 bridgehead atoms. The van der Waals surface area contributed by atoms with Crippen molar-refractivity contribution < 1.29 is 9.59 Å². The molecule has 0 fully saturated rings. The Kier molecular flexibility index (Phi) is 6.97. The number of aryl methyl sites for hydroxylation is 2. The molecule has 2 heterocycles. The summed E-state index contributed by atoms with van der Waals surface area (Å²) in [5, 5.41) is 3.46. The Morgan fingerprint density at radius 2 is 1.76 bits per heavy atom. The smallest absolute Gasteiger partial charge is 0.240 e. The molecule has 0 unspecified atom stereocenters. The van der Waals surface area contributed by atoms with E-state index >= 15 is 0 Å². The topological polar surface area (TPSA) is 81.1 Å². The van der Waals surface area contributed by atoms with Gasteiger partial charge in [-0.3, -0.25) is 19.4 Å². The van der Waals surface area contributed by atoms with Gasteiger partial charge in [0.05, 0.1) is 11.1 Å². The first-order valence-corrected chi connectivity index (χ1v) is 11.3. The standard InChI is InChI=1S/C28H27N3O3/c1-19-8-11-25-23(16-19)28(34)24(27(33)22-12-14-29-15-13-22)17-31(25)18-26(32)30-20(2)9-10-21-6-4-3-5-7-21/h3-8,11-17,20H,9-10,18H2,1-2H3,(H,30,32)/t20-/m1/s1. The maximum absolute atomic E-state index is 13.2. The Bertz CT molecular complexity index is 1380. The summed E-state index contributed by atoms with van der Waals surface area (Å²) >= 11 is 0. The number of ketones is 1. The summed E-state index contributed by atoms with van der Waals surface area (Å²) in [7, 11) is 0. The molecule has 1 N–H and O–H groups in total. The molecule has 1 atom stereocenters. The van der Waals surface area contributed by atoms with E-state index in [1.165, 1.54) is 24.2 Å². The van der Waals surface area contributed by atoms with E-state index in [4.69, 9.17) is 0 Å². The number of hydrogen-bond acceptors (Lipinski definition) is 4. The van der Waals surface area contributed by atoms with Gasteiger partial charge in [0, 0.05) is 35.6 Å². The van der Waals surface area contributed by atoms with Crippen LogP contribution in [-0.4, -0.2) is 27.3 Å². The highest BCUT2D eigenvalue weighted by atomic mass is 16.2. The van der Waals surface area contributed by atoms with Crippen molar-refractivity contribution in [2.24, 2.45) is 0 Å². The minimum Gasteiger partial charge on any atom is -0.352 e. The van der Waals surface area contributed by atoms with Crippen LogP contribution in [0.25, 0.3) is 10.9 Å². The normalized spacial score (nSPS) is 11.8. The second kappa shape index (κ2) is 10.3. The van der Waals surface area contributed by atoms with Crippen molar-refractivity contribution in [2.45, 2.75) is 39.3 Å². The second-order valence-electron chi connectivity index (χ2n) is 8.58. The molecule has 2 aromatic heterocycles. The Hall–Kier alpha value is -4.06. The van der Waals surface area contributed by atoms with Crippen LogP contribution < -0.4 is 10.7 Å². The molecule has 0 aliphatic carbocycles. The molecule has 0 saturated heterocycles. The van der Waals surface area contributed by atoms with Gasteiger partial charge < -0.3 is 9.88 Å². The lowest BCUT2D eigenvalue weighted by Crippen LogP contribution is -2.36. The monoisotopic (exact) mass is 453 g/mol. The molecule has 2 aromatic carbocycles. The number of rotatable bonds is 8. The first kappa shape index (κ1) is 23.1. The van der Waals surface area contributed by atoms with E-state index in [1.807, 2.05) is 44.2 Å². The molecule has 172 valence electrons. The highest BCUT2D eigenvalue weighted by Gasteiger charge is 2.19. The fraction of sp³-hybridized carbons (Fsp3) is 0.214. The van der Waals surface area contributed by atoms with E-state index in [0.29, 0.717) is 16.5 Å². The number of pyridine rings is 2. The number of carbonyl (C=O) groups is 2. The lowest BCUT2D eigenvalue weighted by molar-refractivity contribution is -0.122. The molecule has 0 saturated carbocycles. The Morgan fingerprint density at radius 3 is 2.50 bits per heavy atom. The Labute approximate surface area is 198 Å². The second-order valence-corrected chi connectivity index (χ2v) is 8.58. The van der Waals surface area contributed by atoms with Gasteiger partial charge in [-0.25, -0.2) is 0 Å². The van der Waals surface area contributed by atoms with Gasteiger partial charge in [-0.1, -0.05) is 42.0 Å². The highest BCUT2D eigenvalue weighted by molar-refractivity contribution is 6.10. The van der Waals surface area contributed by atoms with Crippen LogP contribution in [0.1, 0.15) is 40.4 Å². The molecule has 1 amide bonds. The molecule has 6 nitrogen and oxygen atoms in total. The first-order valence-electron chi connectivity index (χ1n) is 11.3. The van der Waals surface area contributed by atoms with E-state index < -0.39 is 0 Å². The fourth-order valence-electron chi connectivity index (χ4n) is 4.04. The van der Waals surface area contributed by atoms with Crippen molar-refractivity contribution in [3.05, 3.63) is 112 Å². The summed E-state index contributed by atoms with van der Waals surface area (Å²) in [6.45, 7) is 3.87. The van der Waals surface area contributed by atoms with Crippen molar-refractivity contribution in [1.29, 1.82) is 0 Å². The van der Waals surface area contributed by atoms with Crippen LogP contribution in [0.5, 0.6) is 0 Å². The van der Waals surface area contributed by atoms with E-state index in [2.05, 4.69) is 22.4 Å². The quantitative estimate of drug-likeness (QED) is 0.408. The van der Waals surface area contributed by atoms with Crippen LogP contribution in [0.15, 0.2) is 84.0 Å². The molecule has 6 heteroatoms. The molecule has 0 aliphatic heterocycles. The molecule has 0 radical (unpaired) electrons. The molecule has 0 spiro atoms. The minimum atomic E-state index is -0.388. The van der Waals surface area contributed by atoms with Crippen LogP contribution in [0.3, 0.4) is 0 Å². The molecule has 4 rings (SSSR count). The molecular formula is C28H27N3O3. The average Bonchev–Trinajstić information content (AvgIpc) is 2.85. The van der Waals surface area contributed by atoms with E-state index in [-0.39, 0.29) is 35.3 Å². The minimum absolute atomic E-state index is 0.00609.